The van der Waals surface area contributed by atoms with Gasteiger partial charge in [0.05, 0.1) is 0 Å². The second-order valence-corrected chi connectivity index (χ2v) is 0. The van der Waals surface area contributed by atoms with Crippen LogP contribution in [0.3, 0.4) is 0 Å². The predicted molar refractivity (Wildman–Crippen MR) is 13.6 cm³/mol. The van der Waals surface area contributed by atoms with Crippen molar-refractivity contribution in [2.24, 2.45) is 0 Å². The summed E-state index contributed by atoms with van der Waals surface area (Å²) < 4.78 is 0. The van der Waals surface area contributed by atoms with Crippen LogP contribution in [0.4, 0.5) is 0 Å². The van der Waals surface area contributed by atoms with Crippen molar-refractivity contribution in [3.05, 3.63) is 0 Å². The van der Waals surface area contributed by atoms with Gasteiger partial charge in [-0.3, -0.25) is 0 Å². The van der Waals surface area contributed by atoms with Crippen molar-refractivity contribution < 1.29 is 73.7 Å². The molecule has 7 nitrogen and oxygen atoms in total. The Morgan fingerprint density at radius 2 is 0.333 bits per heavy atom. The van der Waals surface area contributed by atoms with E-state index in [2.05, 4.69) is 0 Å². The van der Waals surface area contributed by atoms with E-state index in [1.807, 2.05) is 0 Å². The molecule has 0 aromatic rings. The van der Waals surface area contributed by atoms with E-state index in [0.717, 1.165) is 0 Å². The van der Waals surface area contributed by atoms with Crippen LogP contribution >= 0.6 is 0 Å². The van der Waals surface area contributed by atoms with E-state index < -0.39 is 0 Å². The van der Waals surface area contributed by atoms with Gasteiger partial charge < -0.3 is 38.3 Å². The summed E-state index contributed by atoms with van der Waals surface area (Å²) in [5.74, 6) is 0. The summed E-state index contributed by atoms with van der Waals surface area (Å²) in [7, 11) is 0. The van der Waals surface area contributed by atoms with Crippen molar-refractivity contribution >= 4 is 0 Å². The molecule has 0 aliphatic carbocycles. The van der Waals surface area contributed by atoms with E-state index in [1.54, 1.807) is 0 Å². The molecule has 0 atom stereocenters. The first kappa shape index (κ1) is 1160. The van der Waals surface area contributed by atoms with E-state index >= 15 is 0 Å². The molecule has 0 aromatic heterocycles. The Kier molecular flexibility index (Phi) is 105000. The number of hydrogen-bond donors (Lipinski definition) is 0. The van der Waals surface area contributed by atoms with E-state index in [1.165, 1.54) is 0 Å². The molecule has 63 valence electrons. The van der Waals surface area contributed by atoms with Crippen LogP contribution in [0.15, 0.2) is 0 Å². The minimum absolute atomic E-state index is 0. The largest absolute Gasteiger partial charge is 5.00 e. The van der Waals surface area contributed by atoms with Crippen LogP contribution in [-0.2, 0) is 35.3 Å². The SMILES string of the molecule is [Co+2].[OH-].[OH-].[OH-].[OH-].[OH-].[OH-].[OH-].[V+5]. The van der Waals surface area contributed by atoms with Gasteiger partial charge in [-0.1, -0.05) is 0 Å². The van der Waals surface area contributed by atoms with Gasteiger partial charge in [0.2, 0.25) is 0 Å². The van der Waals surface area contributed by atoms with Gasteiger partial charge in [0, 0.05) is 0 Å². The van der Waals surface area contributed by atoms with E-state index in [9.17, 15) is 0 Å². The molecule has 0 bridgehead atoms. The predicted octanol–water partition coefficient (Wildman–Crippen LogP) is -1.24. The maximum absolute atomic E-state index is 0. The molecule has 0 saturated carbocycles. The Morgan fingerprint density at radius 1 is 0.333 bits per heavy atom. The molecule has 9 heavy (non-hydrogen) atoms. The molecule has 0 aromatic carbocycles. The molecule has 0 heterocycles. The monoisotopic (exact) mass is 229 g/mol. The molecule has 9 heteroatoms. The van der Waals surface area contributed by atoms with Crippen LogP contribution in [0.2, 0.25) is 0 Å². The summed E-state index contributed by atoms with van der Waals surface area (Å²) in [6.45, 7) is 0. The average molecular weight is 229 g/mol. The molecular formula is H7CoO7V. The Morgan fingerprint density at radius 3 is 0.333 bits per heavy atom. The van der Waals surface area contributed by atoms with Crippen molar-refractivity contribution in [2.75, 3.05) is 0 Å². The van der Waals surface area contributed by atoms with Gasteiger partial charge in [-0.15, -0.1) is 0 Å². The van der Waals surface area contributed by atoms with Crippen LogP contribution in [0.5, 0.6) is 0 Å². The molecule has 7 N–H and O–H groups in total. The van der Waals surface area contributed by atoms with Crippen LogP contribution in [-0.4, -0.2) is 38.3 Å². The zero-order chi connectivity index (χ0) is 0. The van der Waals surface area contributed by atoms with Crippen LogP contribution in [0.1, 0.15) is 0 Å². The number of hydrogen-bond acceptors (Lipinski definition) is 7. The second kappa shape index (κ2) is 817. The Hall–Kier alpha value is 0.811. The van der Waals surface area contributed by atoms with Gasteiger partial charge in [-0.05, 0) is 0 Å². The first-order chi connectivity index (χ1) is 0. The van der Waals surface area contributed by atoms with Crippen molar-refractivity contribution in [3.63, 3.8) is 0 Å². The van der Waals surface area contributed by atoms with Crippen molar-refractivity contribution in [1.82, 2.24) is 0 Å². The fraction of sp³-hybridized carbons (Fsp3) is 0. The van der Waals surface area contributed by atoms with Gasteiger partial charge >= 0.3 is 35.3 Å². The normalized spacial score (nSPS) is 0. The summed E-state index contributed by atoms with van der Waals surface area (Å²) in [6.07, 6.45) is 0. The number of rotatable bonds is 0. The average Bonchev–Trinajstić information content (AvgIpc) is 0. The summed E-state index contributed by atoms with van der Waals surface area (Å²) in [4.78, 5) is 0. The minimum Gasteiger partial charge on any atom is -0.870 e. The first-order valence-electron chi connectivity index (χ1n) is 0. The molecule has 0 saturated heterocycles. The molecule has 0 aliphatic rings. The van der Waals surface area contributed by atoms with Crippen molar-refractivity contribution in [1.29, 1.82) is 0 Å². The molecule has 1 radical (unpaired) electrons. The fourth-order valence-corrected chi connectivity index (χ4v) is 0. The third-order valence-corrected chi connectivity index (χ3v) is 0. The standard InChI is InChI=1S/Co.7H2O.V/h;7*1H2;/q+2;;;;;;;;+5/p-7. The third kappa shape index (κ3) is 622. The van der Waals surface area contributed by atoms with Gasteiger partial charge in [0.15, 0.2) is 0 Å². The molecule has 0 fully saturated rings. The summed E-state index contributed by atoms with van der Waals surface area (Å²) in [6, 6.07) is 0. The van der Waals surface area contributed by atoms with Crippen molar-refractivity contribution in [3.8, 4) is 0 Å². The van der Waals surface area contributed by atoms with Crippen LogP contribution in [0, 0.1) is 0 Å². The third-order valence-electron chi connectivity index (χ3n) is 0. The van der Waals surface area contributed by atoms with Crippen LogP contribution in [0.25, 0.3) is 0 Å². The van der Waals surface area contributed by atoms with E-state index in [4.69, 9.17) is 0 Å². The van der Waals surface area contributed by atoms with Gasteiger partial charge in [0.1, 0.15) is 0 Å². The quantitative estimate of drug-likeness (QED) is 0.491. The zero-order valence-electron chi connectivity index (χ0n) is 3.91. The molecule has 0 amide bonds. The van der Waals surface area contributed by atoms with Gasteiger partial charge in [0.25, 0.3) is 0 Å². The Bertz CT molecular complexity index is 8.88. The smallest absolute Gasteiger partial charge is 0.870 e. The summed E-state index contributed by atoms with van der Waals surface area (Å²) >= 11 is 0. The maximum Gasteiger partial charge on any atom is 5.00 e. The first-order valence-corrected chi connectivity index (χ1v) is 0. The second-order valence-electron chi connectivity index (χ2n) is 0. The Balaban J connectivity index is 0. The topological polar surface area (TPSA) is 210 Å². The molecule has 0 rings (SSSR count). The zero-order valence-corrected chi connectivity index (χ0v) is 6.35. The summed E-state index contributed by atoms with van der Waals surface area (Å²) in [5.41, 5.74) is 0. The fourth-order valence-electron chi connectivity index (χ4n) is 0. The van der Waals surface area contributed by atoms with Gasteiger partial charge in [-0.2, -0.15) is 0 Å². The molecule has 0 spiro atoms. The van der Waals surface area contributed by atoms with E-state index in [0.29, 0.717) is 0 Å². The Labute approximate surface area is 74.1 Å². The summed E-state index contributed by atoms with van der Waals surface area (Å²) in [5, 5.41) is 0. The molecular weight excluding hydrogens is 222 g/mol. The van der Waals surface area contributed by atoms with Crippen molar-refractivity contribution in [2.45, 2.75) is 0 Å². The van der Waals surface area contributed by atoms with Gasteiger partial charge in [-0.25, -0.2) is 0 Å². The van der Waals surface area contributed by atoms with E-state index in [-0.39, 0.29) is 73.7 Å². The van der Waals surface area contributed by atoms with Crippen LogP contribution < -0.4 is 0 Å². The minimum atomic E-state index is 0. The maximum atomic E-state index is 0. The molecule has 0 aliphatic heterocycles. The molecule has 0 unspecified atom stereocenters.